The Morgan fingerprint density at radius 2 is 1.77 bits per heavy atom. The van der Waals surface area contributed by atoms with Gasteiger partial charge >= 0.3 is 0 Å². The van der Waals surface area contributed by atoms with Crippen LogP contribution in [0, 0.1) is 30.9 Å². The first kappa shape index (κ1) is 24.4. The summed E-state index contributed by atoms with van der Waals surface area (Å²) in [7, 11) is 0. The van der Waals surface area contributed by atoms with Crippen LogP contribution in [0.15, 0.2) is 66.0 Å². The first-order valence-corrected chi connectivity index (χ1v) is 12.0. The molecule has 0 spiro atoms. The number of amides is 1. The molecule has 0 radical (unpaired) electrons. The van der Waals surface area contributed by atoms with Gasteiger partial charge < -0.3 is 4.74 Å². The summed E-state index contributed by atoms with van der Waals surface area (Å²) in [5, 5.41) is 13.9. The van der Waals surface area contributed by atoms with E-state index in [9.17, 15) is 14.9 Å². The highest BCUT2D eigenvalue weighted by Gasteiger charge is 2.23. The Bertz CT molecular complexity index is 1380. The van der Waals surface area contributed by atoms with E-state index in [1.165, 1.54) is 28.4 Å². The van der Waals surface area contributed by atoms with Crippen molar-refractivity contribution in [1.29, 1.82) is 0 Å². The van der Waals surface area contributed by atoms with E-state index in [0.29, 0.717) is 27.3 Å². The molecule has 4 aromatic rings. The number of hydrogen-bond donors (Lipinski definition) is 0. The summed E-state index contributed by atoms with van der Waals surface area (Å²) in [6.07, 6.45) is 0. The number of thiazole rings is 1. The predicted molar refractivity (Wildman–Crippen MR) is 139 cm³/mol. The predicted octanol–water partition coefficient (Wildman–Crippen LogP) is 7.04. The van der Waals surface area contributed by atoms with Crippen LogP contribution in [-0.4, -0.2) is 22.4 Å². The van der Waals surface area contributed by atoms with Gasteiger partial charge in [-0.3, -0.25) is 19.8 Å². The van der Waals surface area contributed by atoms with Gasteiger partial charge in [-0.15, -0.1) is 11.3 Å². The number of nitro benzene ring substituents is 1. The highest BCUT2D eigenvalue weighted by molar-refractivity contribution is 7.14. The molecule has 9 heteroatoms. The van der Waals surface area contributed by atoms with Gasteiger partial charge in [-0.25, -0.2) is 4.98 Å². The molecule has 0 fully saturated rings. The van der Waals surface area contributed by atoms with Gasteiger partial charge in [0.15, 0.2) is 11.7 Å². The first-order chi connectivity index (χ1) is 16.7. The molecule has 0 aliphatic rings. The fourth-order valence-corrected chi connectivity index (χ4v) is 4.90. The van der Waals surface area contributed by atoms with Crippen LogP contribution in [0.25, 0.3) is 11.3 Å². The summed E-state index contributed by atoms with van der Waals surface area (Å²) in [4.78, 5) is 30.2. The summed E-state index contributed by atoms with van der Waals surface area (Å²) < 4.78 is 5.93. The van der Waals surface area contributed by atoms with Crippen molar-refractivity contribution in [3.8, 4) is 17.0 Å². The van der Waals surface area contributed by atoms with Gasteiger partial charge in [-0.1, -0.05) is 23.7 Å². The highest BCUT2D eigenvalue weighted by atomic mass is 35.5. The molecule has 0 aliphatic carbocycles. The zero-order chi connectivity index (χ0) is 25.1. The largest absolute Gasteiger partial charge is 0.483 e. The van der Waals surface area contributed by atoms with E-state index in [1.807, 2.05) is 50.4 Å². The molecule has 0 unspecified atom stereocenters. The van der Waals surface area contributed by atoms with Gasteiger partial charge in [0.1, 0.15) is 5.75 Å². The number of non-ortho nitro benzene ring substituents is 1. The van der Waals surface area contributed by atoms with Crippen molar-refractivity contribution in [3.63, 3.8) is 0 Å². The number of halogens is 1. The zero-order valence-electron chi connectivity index (χ0n) is 19.3. The average molecular weight is 508 g/mol. The molecular weight excluding hydrogens is 486 g/mol. The van der Waals surface area contributed by atoms with E-state index >= 15 is 0 Å². The van der Waals surface area contributed by atoms with E-state index in [4.69, 9.17) is 16.3 Å². The van der Waals surface area contributed by atoms with Crippen LogP contribution in [0.4, 0.5) is 16.5 Å². The van der Waals surface area contributed by atoms with Crippen molar-refractivity contribution in [3.05, 3.63) is 97.9 Å². The van der Waals surface area contributed by atoms with Crippen molar-refractivity contribution >= 4 is 45.4 Å². The quantitative estimate of drug-likeness (QED) is 0.198. The Morgan fingerprint density at radius 3 is 2.40 bits per heavy atom. The third-order valence-corrected chi connectivity index (χ3v) is 6.38. The Morgan fingerprint density at radius 1 is 1.09 bits per heavy atom. The summed E-state index contributed by atoms with van der Waals surface area (Å²) in [6.45, 7) is 5.53. The molecule has 1 heterocycles. The van der Waals surface area contributed by atoms with Crippen LogP contribution in [0.2, 0.25) is 5.02 Å². The average Bonchev–Trinajstić information content (AvgIpc) is 3.28. The number of aryl methyl sites for hydroxylation is 3. The lowest BCUT2D eigenvalue weighted by Crippen LogP contribution is -2.31. The van der Waals surface area contributed by atoms with Gasteiger partial charge in [-0.2, -0.15) is 0 Å². The summed E-state index contributed by atoms with van der Waals surface area (Å²) in [6, 6.07) is 17.3. The van der Waals surface area contributed by atoms with E-state index < -0.39 is 4.92 Å². The maximum Gasteiger partial charge on any atom is 0.271 e. The summed E-state index contributed by atoms with van der Waals surface area (Å²) in [5.74, 6) is 0.339. The smallest absolute Gasteiger partial charge is 0.271 e. The highest BCUT2D eigenvalue weighted by Crippen LogP contribution is 2.34. The van der Waals surface area contributed by atoms with Crippen molar-refractivity contribution in [2.24, 2.45) is 0 Å². The van der Waals surface area contributed by atoms with Gasteiger partial charge in [0.05, 0.1) is 16.3 Å². The van der Waals surface area contributed by atoms with E-state index in [2.05, 4.69) is 4.98 Å². The normalized spacial score (nSPS) is 10.7. The van der Waals surface area contributed by atoms with Crippen molar-refractivity contribution in [2.45, 2.75) is 20.8 Å². The van der Waals surface area contributed by atoms with Gasteiger partial charge in [0.25, 0.3) is 11.6 Å². The lowest BCUT2D eigenvalue weighted by atomic mass is 10.1. The molecule has 1 amide bonds. The molecule has 0 bridgehead atoms. The van der Waals surface area contributed by atoms with Gasteiger partial charge in [0, 0.05) is 28.1 Å². The molecule has 7 nitrogen and oxygen atoms in total. The fraction of sp³-hybridized carbons (Fsp3) is 0.154. The minimum absolute atomic E-state index is 0.00528. The molecule has 0 aliphatic heterocycles. The molecule has 35 heavy (non-hydrogen) atoms. The lowest BCUT2D eigenvalue weighted by molar-refractivity contribution is -0.384. The first-order valence-electron chi connectivity index (χ1n) is 10.7. The van der Waals surface area contributed by atoms with Crippen molar-refractivity contribution in [1.82, 2.24) is 4.98 Å². The number of ether oxygens (including phenoxy) is 1. The van der Waals surface area contributed by atoms with Crippen LogP contribution < -0.4 is 9.64 Å². The number of nitrogens with zero attached hydrogens (tertiary/aromatic N) is 3. The van der Waals surface area contributed by atoms with Crippen LogP contribution in [-0.2, 0) is 4.79 Å². The Kier molecular flexibility index (Phi) is 7.14. The summed E-state index contributed by atoms with van der Waals surface area (Å²) >= 11 is 7.43. The summed E-state index contributed by atoms with van der Waals surface area (Å²) in [5.41, 5.74) is 4.71. The standard InChI is InChI=1S/C26H22ClN3O4S/c1-16-5-4-6-22(11-16)29(24(31)14-34-25-17(2)12-20(27)13-18(25)3)26-28-23(15-35-26)19-7-9-21(10-8-19)30(32)33/h4-13,15H,14H2,1-3H3. The molecule has 0 N–H and O–H groups in total. The molecule has 178 valence electrons. The van der Waals surface area contributed by atoms with E-state index in [0.717, 1.165) is 22.3 Å². The maximum absolute atomic E-state index is 13.5. The molecule has 3 aromatic carbocycles. The molecular formula is C26H22ClN3O4S. The monoisotopic (exact) mass is 507 g/mol. The van der Waals surface area contributed by atoms with Gasteiger partial charge in [-0.05, 0) is 73.9 Å². The second kappa shape index (κ2) is 10.2. The number of aromatic nitrogens is 1. The van der Waals surface area contributed by atoms with Crippen LogP contribution in [0.3, 0.4) is 0 Å². The third-order valence-electron chi connectivity index (χ3n) is 5.33. The van der Waals surface area contributed by atoms with E-state index in [-0.39, 0.29) is 18.2 Å². The number of rotatable bonds is 7. The molecule has 0 saturated heterocycles. The lowest BCUT2D eigenvalue weighted by Gasteiger charge is -2.21. The number of carbonyl (C=O) groups is 1. The molecule has 0 saturated carbocycles. The number of hydrogen-bond acceptors (Lipinski definition) is 6. The van der Waals surface area contributed by atoms with Crippen LogP contribution in [0.1, 0.15) is 16.7 Å². The van der Waals surface area contributed by atoms with Gasteiger partial charge in [0.2, 0.25) is 0 Å². The molecule has 1 aromatic heterocycles. The number of carbonyl (C=O) groups excluding carboxylic acids is 1. The Labute approximate surface area is 211 Å². The number of anilines is 2. The zero-order valence-corrected chi connectivity index (χ0v) is 20.9. The van der Waals surface area contributed by atoms with Crippen LogP contribution >= 0.6 is 22.9 Å². The van der Waals surface area contributed by atoms with Crippen molar-refractivity contribution in [2.75, 3.05) is 11.5 Å². The minimum Gasteiger partial charge on any atom is -0.483 e. The fourth-order valence-electron chi connectivity index (χ4n) is 3.71. The third kappa shape index (κ3) is 5.50. The topological polar surface area (TPSA) is 85.6 Å². The Hall–Kier alpha value is -3.75. The SMILES string of the molecule is Cc1cccc(N(C(=O)COc2c(C)cc(Cl)cc2C)c2nc(-c3ccc([N+](=O)[O-])cc3)cs2)c1. The Balaban J connectivity index is 1.64. The van der Waals surface area contributed by atoms with Crippen LogP contribution in [0.5, 0.6) is 5.75 Å². The number of nitro groups is 1. The van der Waals surface area contributed by atoms with Crippen molar-refractivity contribution < 1.29 is 14.5 Å². The molecule has 4 rings (SSSR count). The maximum atomic E-state index is 13.5. The minimum atomic E-state index is -0.446. The van der Waals surface area contributed by atoms with E-state index in [1.54, 1.807) is 24.3 Å². The molecule has 0 atom stereocenters. The second-order valence-electron chi connectivity index (χ2n) is 8.04. The second-order valence-corrected chi connectivity index (χ2v) is 9.32. The number of benzene rings is 3.